The van der Waals surface area contributed by atoms with Gasteiger partial charge in [-0.15, -0.1) is 0 Å². The largest absolute Gasteiger partial charge is 0.506 e. The maximum atomic E-state index is 12.6. The Morgan fingerprint density at radius 2 is 1.73 bits per heavy atom. The van der Waals surface area contributed by atoms with Gasteiger partial charge in [0.2, 0.25) is 0 Å². The van der Waals surface area contributed by atoms with Crippen molar-refractivity contribution in [1.82, 2.24) is 0 Å². The minimum absolute atomic E-state index is 0.143. The summed E-state index contributed by atoms with van der Waals surface area (Å²) in [4.78, 5) is 10.00. The molecule has 0 amide bonds. The van der Waals surface area contributed by atoms with Gasteiger partial charge in [-0.05, 0) is 32.0 Å². The Morgan fingerprint density at radius 3 is 2.35 bits per heavy atom. The highest BCUT2D eigenvalue weighted by molar-refractivity contribution is 7.92. The normalized spacial score (nSPS) is 11.0. The van der Waals surface area contributed by atoms with Gasteiger partial charge in [-0.3, -0.25) is 14.8 Å². The van der Waals surface area contributed by atoms with Crippen LogP contribution in [0, 0.1) is 10.1 Å². The zero-order valence-electron chi connectivity index (χ0n) is 14.1. The first-order chi connectivity index (χ1) is 12.3. The van der Waals surface area contributed by atoms with Gasteiger partial charge in [0, 0.05) is 18.2 Å². The lowest BCUT2D eigenvalue weighted by atomic mass is 10.2. The predicted octanol–water partition coefficient (Wildman–Crippen LogP) is 2.90. The van der Waals surface area contributed by atoms with Crippen LogP contribution in [0.3, 0.4) is 0 Å². The zero-order valence-corrected chi connectivity index (χ0v) is 14.9. The van der Waals surface area contributed by atoms with E-state index in [2.05, 4.69) is 4.72 Å². The molecule has 0 aliphatic carbocycles. The van der Waals surface area contributed by atoms with Crippen LogP contribution in [0.5, 0.6) is 17.2 Å². The third-order valence-electron chi connectivity index (χ3n) is 3.26. The number of hydrogen-bond acceptors (Lipinski definition) is 7. The number of sulfonamides is 1. The molecule has 0 unspecified atom stereocenters. The second kappa shape index (κ2) is 7.91. The van der Waals surface area contributed by atoms with Gasteiger partial charge in [-0.25, -0.2) is 8.42 Å². The Labute approximate surface area is 150 Å². The van der Waals surface area contributed by atoms with E-state index in [1.54, 1.807) is 13.8 Å². The standard InChI is InChI=1S/C16H18N2O7S/c1-3-24-15-8-6-12(10-16(15)25-4-2)26(22,23)17-13-9-11(18(20)21)5-7-14(13)19/h5-10,17,19H,3-4H2,1-2H3. The summed E-state index contributed by atoms with van der Waals surface area (Å²) in [6, 6.07) is 7.09. The Balaban J connectivity index is 2.40. The molecule has 0 heterocycles. The second-order valence-electron chi connectivity index (χ2n) is 5.04. The summed E-state index contributed by atoms with van der Waals surface area (Å²) in [5.74, 6) is 0.210. The van der Waals surface area contributed by atoms with Crippen LogP contribution in [-0.4, -0.2) is 31.7 Å². The number of phenols is 1. The Hall–Kier alpha value is -3.01. The van der Waals surface area contributed by atoms with E-state index in [0.29, 0.717) is 19.0 Å². The van der Waals surface area contributed by atoms with Gasteiger partial charge in [-0.2, -0.15) is 0 Å². The summed E-state index contributed by atoms with van der Waals surface area (Å²) in [6.45, 7) is 4.22. The third-order valence-corrected chi connectivity index (χ3v) is 4.62. The molecule has 0 saturated heterocycles. The van der Waals surface area contributed by atoms with E-state index in [0.717, 1.165) is 18.2 Å². The smallest absolute Gasteiger partial charge is 0.271 e. The molecule has 0 fully saturated rings. The van der Waals surface area contributed by atoms with Crippen molar-refractivity contribution < 1.29 is 27.9 Å². The van der Waals surface area contributed by atoms with Crippen molar-refractivity contribution in [2.75, 3.05) is 17.9 Å². The van der Waals surface area contributed by atoms with Crippen LogP contribution in [0.1, 0.15) is 13.8 Å². The van der Waals surface area contributed by atoms with Gasteiger partial charge >= 0.3 is 0 Å². The SMILES string of the molecule is CCOc1ccc(S(=O)(=O)Nc2cc([N+](=O)[O-])ccc2O)cc1OCC. The average molecular weight is 382 g/mol. The summed E-state index contributed by atoms with van der Waals surface area (Å²) >= 11 is 0. The molecule has 0 atom stereocenters. The number of hydrogen-bond donors (Lipinski definition) is 2. The number of nitro benzene ring substituents is 1. The number of non-ortho nitro benzene ring substituents is 1. The van der Waals surface area contributed by atoms with Crippen molar-refractivity contribution in [3.05, 3.63) is 46.5 Å². The fraction of sp³-hybridized carbons (Fsp3) is 0.250. The monoisotopic (exact) mass is 382 g/mol. The molecule has 2 N–H and O–H groups in total. The van der Waals surface area contributed by atoms with Crippen LogP contribution in [0.2, 0.25) is 0 Å². The van der Waals surface area contributed by atoms with Gasteiger partial charge in [0.15, 0.2) is 11.5 Å². The Bertz CT molecular complexity index is 913. The van der Waals surface area contributed by atoms with Crippen molar-refractivity contribution in [3.8, 4) is 17.2 Å². The lowest BCUT2D eigenvalue weighted by molar-refractivity contribution is -0.384. The zero-order chi connectivity index (χ0) is 19.3. The minimum Gasteiger partial charge on any atom is -0.506 e. The number of benzene rings is 2. The van der Waals surface area contributed by atoms with Crippen LogP contribution in [0.4, 0.5) is 11.4 Å². The second-order valence-corrected chi connectivity index (χ2v) is 6.72. The summed E-state index contributed by atoms with van der Waals surface area (Å²) in [5, 5.41) is 20.6. The highest BCUT2D eigenvalue weighted by Gasteiger charge is 2.20. The van der Waals surface area contributed by atoms with E-state index in [1.807, 2.05) is 0 Å². The average Bonchev–Trinajstić information content (AvgIpc) is 2.58. The molecule has 0 radical (unpaired) electrons. The fourth-order valence-electron chi connectivity index (χ4n) is 2.12. The lowest BCUT2D eigenvalue weighted by Crippen LogP contribution is -2.13. The molecular weight excluding hydrogens is 364 g/mol. The molecule has 2 aromatic rings. The molecule has 140 valence electrons. The van der Waals surface area contributed by atoms with Crippen LogP contribution >= 0.6 is 0 Å². The molecule has 9 nitrogen and oxygen atoms in total. The van der Waals surface area contributed by atoms with Crippen molar-refractivity contribution in [3.63, 3.8) is 0 Å². The van der Waals surface area contributed by atoms with Crippen LogP contribution in [0.15, 0.2) is 41.3 Å². The number of rotatable bonds is 8. The van der Waals surface area contributed by atoms with Crippen LogP contribution in [0.25, 0.3) is 0 Å². The van der Waals surface area contributed by atoms with E-state index < -0.39 is 20.7 Å². The van der Waals surface area contributed by atoms with Gasteiger partial charge in [0.05, 0.1) is 28.7 Å². The highest BCUT2D eigenvalue weighted by Crippen LogP contribution is 2.33. The number of nitrogens with zero attached hydrogens (tertiary/aromatic N) is 1. The lowest BCUT2D eigenvalue weighted by Gasteiger charge is -2.14. The quantitative estimate of drug-likeness (QED) is 0.408. The topological polar surface area (TPSA) is 128 Å². The molecule has 2 rings (SSSR count). The molecule has 0 saturated carbocycles. The third kappa shape index (κ3) is 4.33. The van der Waals surface area contributed by atoms with Gasteiger partial charge in [0.1, 0.15) is 5.75 Å². The highest BCUT2D eigenvalue weighted by atomic mass is 32.2. The number of ether oxygens (including phenoxy) is 2. The van der Waals surface area contributed by atoms with Crippen LogP contribution < -0.4 is 14.2 Å². The van der Waals surface area contributed by atoms with E-state index >= 15 is 0 Å². The summed E-state index contributed by atoms with van der Waals surface area (Å²) < 4.78 is 38.1. The summed E-state index contributed by atoms with van der Waals surface area (Å²) in [7, 11) is -4.12. The minimum atomic E-state index is -4.12. The molecule has 10 heteroatoms. The number of phenolic OH excluding ortho intramolecular Hbond substituents is 1. The first-order valence-corrected chi connectivity index (χ1v) is 9.16. The maximum absolute atomic E-state index is 12.6. The van der Waals surface area contributed by atoms with Gasteiger partial charge in [0.25, 0.3) is 15.7 Å². The Morgan fingerprint density at radius 1 is 1.08 bits per heavy atom. The van der Waals surface area contributed by atoms with Crippen LogP contribution in [-0.2, 0) is 10.0 Å². The molecular formula is C16H18N2O7S. The number of anilines is 1. The summed E-state index contributed by atoms with van der Waals surface area (Å²) in [5.41, 5.74) is -0.659. The Kier molecular flexibility index (Phi) is 5.88. The van der Waals surface area contributed by atoms with Crippen molar-refractivity contribution in [1.29, 1.82) is 0 Å². The van der Waals surface area contributed by atoms with E-state index in [9.17, 15) is 23.6 Å². The first kappa shape index (κ1) is 19.3. The number of aromatic hydroxyl groups is 1. The number of nitro groups is 1. The van der Waals surface area contributed by atoms with Crippen molar-refractivity contribution in [2.45, 2.75) is 18.7 Å². The molecule has 26 heavy (non-hydrogen) atoms. The maximum Gasteiger partial charge on any atom is 0.271 e. The molecule has 0 aromatic heterocycles. The van der Waals surface area contributed by atoms with E-state index in [1.165, 1.54) is 18.2 Å². The predicted molar refractivity (Wildman–Crippen MR) is 94.3 cm³/mol. The van der Waals surface area contributed by atoms with Crippen molar-refractivity contribution in [2.24, 2.45) is 0 Å². The van der Waals surface area contributed by atoms with E-state index in [-0.39, 0.29) is 22.0 Å². The molecule has 0 bridgehead atoms. The first-order valence-electron chi connectivity index (χ1n) is 7.68. The molecule has 0 aliphatic rings. The molecule has 0 aliphatic heterocycles. The summed E-state index contributed by atoms with van der Waals surface area (Å²) in [6.07, 6.45) is 0. The number of nitrogens with one attached hydrogen (secondary N) is 1. The molecule has 2 aromatic carbocycles. The fourth-order valence-corrected chi connectivity index (χ4v) is 3.20. The molecule has 0 spiro atoms. The van der Waals surface area contributed by atoms with E-state index in [4.69, 9.17) is 9.47 Å². The van der Waals surface area contributed by atoms with Crippen molar-refractivity contribution >= 4 is 21.4 Å². The van der Waals surface area contributed by atoms with Gasteiger partial charge < -0.3 is 14.6 Å². The van der Waals surface area contributed by atoms with Gasteiger partial charge in [-0.1, -0.05) is 0 Å².